The molecular weight excluding hydrogens is 1560 g/mol. The second-order valence-corrected chi connectivity index (χ2v) is 30.1. The number of nitrogens with one attached hydrogen (secondary N) is 3. The van der Waals surface area contributed by atoms with E-state index in [0.29, 0.717) is 82.2 Å². The van der Waals surface area contributed by atoms with E-state index >= 15 is 0 Å². The molecule has 0 saturated carbocycles. The summed E-state index contributed by atoms with van der Waals surface area (Å²) >= 11 is 6.21. The first kappa shape index (κ1) is 86.8. The van der Waals surface area contributed by atoms with Gasteiger partial charge in [-0.3, -0.25) is 14.5 Å². The molecule has 2 amide bonds. The molecule has 4 aliphatic rings. The summed E-state index contributed by atoms with van der Waals surface area (Å²) in [5.74, 6) is -0.311. The first-order valence-electron chi connectivity index (χ1n) is 38.5. The van der Waals surface area contributed by atoms with Crippen LogP contribution in [0.15, 0.2) is 129 Å². The van der Waals surface area contributed by atoms with Gasteiger partial charge < -0.3 is 123 Å². The lowest BCUT2D eigenvalue weighted by molar-refractivity contribution is -0.268. The van der Waals surface area contributed by atoms with Crippen molar-refractivity contribution in [1.82, 2.24) is 45.2 Å². The van der Waals surface area contributed by atoms with Crippen molar-refractivity contribution >= 4 is 34.3 Å². The number of aromatic amines is 1. The molecule has 4 aromatic heterocycles. The van der Waals surface area contributed by atoms with E-state index in [9.17, 15) is 75.7 Å². The second-order valence-electron chi connectivity index (χ2n) is 29.7. The van der Waals surface area contributed by atoms with E-state index in [-0.39, 0.29) is 85.7 Å². The number of rotatable bonds is 21. The molecule has 4 saturated heterocycles. The van der Waals surface area contributed by atoms with Gasteiger partial charge >= 0.3 is 5.69 Å². The smallest absolute Gasteiger partial charge is 0.348 e. The van der Waals surface area contributed by atoms with Crippen molar-refractivity contribution < 1.29 is 118 Å². The van der Waals surface area contributed by atoms with Crippen molar-refractivity contribution in [2.75, 3.05) is 46.5 Å². The summed E-state index contributed by atoms with van der Waals surface area (Å²) < 4.78 is 60.2. The molecule has 14 rings (SSSR count). The largest absolute Gasteiger partial charge is 0.508 e. The highest BCUT2D eigenvalue weighted by atomic mass is 35.5. The molecule has 15 N–H and O–H groups in total. The predicted molar refractivity (Wildman–Crippen MR) is 427 cm³/mol. The molecule has 0 spiro atoms. The number of hydrogen-bond donors (Lipinski definition) is 15. The molecule has 632 valence electrons. The van der Waals surface area contributed by atoms with Crippen molar-refractivity contribution in [3.05, 3.63) is 159 Å². The number of methoxy groups -OCH3 is 1. The van der Waals surface area contributed by atoms with E-state index in [0.717, 1.165) is 36.1 Å². The number of ether oxygens (including phenoxy) is 8. The Balaban J connectivity index is 0.000000164. The minimum Gasteiger partial charge on any atom is -0.508 e. The summed E-state index contributed by atoms with van der Waals surface area (Å²) in [4.78, 5) is 41.2. The highest BCUT2D eigenvalue weighted by Crippen LogP contribution is 2.48. The Kier molecular flexibility index (Phi) is 27.4. The molecule has 10 aromatic rings. The van der Waals surface area contributed by atoms with Crippen LogP contribution in [0, 0.1) is 0 Å². The van der Waals surface area contributed by atoms with Gasteiger partial charge in [-0.1, -0.05) is 86.0 Å². The number of nitrogens with zero attached hydrogens (tertiary/aromatic N) is 6. The molecular formula is C83H98ClN9O25. The van der Waals surface area contributed by atoms with E-state index in [2.05, 4.69) is 36.0 Å². The zero-order valence-corrected chi connectivity index (χ0v) is 67.2. The van der Waals surface area contributed by atoms with Crippen molar-refractivity contribution in [2.45, 2.75) is 173 Å². The molecule has 15 atom stereocenters. The number of carbonyl (C=O) groups is 2. The van der Waals surface area contributed by atoms with Crippen molar-refractivity contribution in [2.24, 2.45) is 7.05 Å². The molecule has 0 aliphatic carbocycles. The van der Waals surface area contributed by atoms with Gasteiger partial charge in [-0.05, 0) is 129 Å². The number of aliphatic hydroxyl groups excluding tert-OH is 9. The normalized spacial score (nSPS) is 24.0. The van der Waals surface area contributed by atoms with E-state index < -0.39 is 110 Å². The summed E-state index contributed by atoms with van der Waals surface area (Å²) in [5, 5.41) is 146. The van der Waals surface area contributed by atoms with Crippen LogP contribution in [0.4, 0.5) is 0 Å². The average Bonchev–Trinajstić information content (AvgIpc) is 1.23. The number of fused-ring (bicyclic) bond motifs is 1. The molecule has 35 heteroatoms. The van der Waals surface area contributed by atoms with Gasteiger partial charge in [-0.2, -0.15) is 5.10 Å². The SMILES string of the molecule is CC(C)c1cc(-c2n[nH]c(=O)n2-c2ccc3c(ccn3C)c2)c(O[C@@H]2O[C@@H](C)[C@@H](O)[C@@H](O)[C@@H]2O)cc1O.CCNC(=O)c1noc(-c2cc(C(C)C)c(O)cc2O[C@@H]2O[C@@H](C)[C@@H](O)[C@@H](O)[C@@H]2O)c1-c1ccc(CN2CCOCC2)cc1.CCNC(=O)c1noc(-c2cc(Cl)c(O)cc2O[C@@H]2O[C@@H](C)[C@@H](O)[C@@H](O)[C@@H]2O)c1-c1ccc(OC)cc1. The van der Waals surface area contributed by atoms with Crippen LogP contribution >= 0.6 is 11.6 Å². The fraction of sp³-hybridized carbons (Fsp3) is 0.422. The lowest BCUT2D eigenvalue weighted by Crippen LogP contribution is -2.58. The maximum absolute atomic E-state index is 13.2. The predicted octanol–water partition coefficient (Wildman–Crippen LogP) is 6.71. The third kappa shape index (κ3) is 18.4. The number of phenolic OH excluding ortho intramolecular Hbond substituents is 3. The van der Waals surface area contributed by atoms with E-state index in [1.165, 1.54) is 42.9 Å². The van der Waals surface area contributed by atoms with Crippen LogP contribution in [0.1, 0.15) is 112 Å². The van der Waals surface area contributed by atoms with Crippen molar-refractivity contribution in [3.8, 4) is 102 Å². The van der Waals surface area contributed by atoms with Crippen LogP contribution in [0.3, 0.4) is 0 Å². The fourth-order valence-electron chi connectivity index (χ4n) is 14.1. The van der Waals surface area contributed by atoms with Crippen LogP contribution < -0.4 is 35.3 Å². The monoisotopic (exact) mass is 1660 g/mol. The van der Waals surface area contributed by atoms with Gasteiger partial charge in [0.15, 0.2) is 28.7 Å². The van der Waals surface area contributed by atoms with Gasteiger partial charge in [-0.15, -0.1) is 0 Å². The summed E-state index contributed by atoms with van der Waals surface area (Å²) in [6, 6.07) is 30.8. The molecule has 118 heavy (non-hydrogen) atoms. The highest BCUT2D eigenvalue weighted by molar-refractivity contribution is 6.32. The third-order valence-corrected chi connectivity index (χ3v) is 21.2. The van der Waals surface area contributed by atoms with Crippen LogP contribution in [0.2, 0.25) is 5.02 Å². The first-order chi connectivity index (χ1) is 56.3. The van der Waals surface area contributed by atoms with Crippen LogP contribution in [0.5, 0.6) is 40.2 Å². The maximum Gasteiger partial charge on any atom is 0.348 e. The van der Waals surface area contributed by atoms with Crippen molar-refractivity contribution in [1.29, 1.82) is 0 Å². The highest BCUT2D eigenvalue weighted by Gasteiger charge is 2.47. The number of aromatic hydroxyl groups is 3. The Bertz CT molecular complexity index is 5220. The zero-order chi connectivity index (χ0) is 85.0. The number of aliphatic hydroxyl groups is 9. The van der Waals surface area contributed by atoms with Gasteiger partial charge in [0, 0.05) is 75.1 Å². The van der Waals surface area contributed by atoms with Crippen molar-refractivity contribution in [3.63, 3.8) is 0 Å². The molecule has 0 radical (unpaired) electrons. The van der Waals surface area contributed by atoms with Gasteiger partial charge in [0.2, 0.25) is 18.9 Å². The topological polar surface area (TPSA) is 486 Å². The fourth-order valence-corrected chi connectivity index (χ4v) is 14.3. The molecule has 8 heterocycles. The molecule has 6 aromatic carbocycles. The first-order valence-corrected chi connectivity index (χ1v) is 38.9. The van der Waals surface area contributed by atoms with Gasteiger partial charge in [0.1, 0.15) is 95.2 Å². The summed E-state index contributed by atoms with van der Waals surface area (Å²) in [5.41, 5.74) is 6.32. The number of phenols is 3. The summed E-state index contributed by atoms with van der Waals surface area (Å²) in [6.07, 6.45) is -18.0. The number of aromatic nitrogens is 6. The lowest BCUT2D eigenvalue weighted by atomic mass is 9.93. The quantitative estimate of drug-likeness (QED) is 0.0355. The van der Waals surface area contributed by atoms with Gasteiger partial charge in [0.25, 0.3) is 11.8 Å². The number of benzene rings is 6. The Morgan fingerprint density at radius 3 is 1.47 bits per heavy atom. The summed E-state index contributed by atoms with van der Waals surface area (Å²) in [7, 11) is 3.46. The lowest BCUT2D eigenvalue weighted by Gasteiger charge is -2.39. The Hall–Kier alpha value is -10.5. The molecule has 34 nitrogen and oxygen atoms in total. The zero-order valence-electron chi connectivity index (χ0n) is 66.5. The maximum atomic E-state index is 13.2. The minimum atomic E-state index is -1.61. The average molecular weight is 1660 g/mol. The van der Waals surface area contributed by atoms with Crippen LogP contribution in [-0.4, -0.2) is 246 Å². The Morgan fingerprint density at radius 1 is 0.568 bits per heavy atom. The van der Waals surface area contributed by atoms with E-state index in [1.54, 1.807) is 63.2 Å². The molecule has 0 unspecified atom stereocenters. The summed E-state index contributed by atoms with van der Waals surface area (Å²) in [6.45, 7) is 20.4. The number of amides is 2. The molecule has 4 fully saturated rings. The van der Waals surface area contributed by atoms with Gasteiger partial charge in [0.05, 0.1) is 77.2 Å². The van der Waals surface area contributed by atoms with E-state index in [4.69, 9.17) is 58.5 Å². The minimum absolute atomic E-state index is 0.00159. The van der Waals surface area contributed by atoms with Crippen LogP contribution in [-0.2, 0) is 32.5 Å². The van der Waals surface area contributed by atoms with Gasteiger partial charge in [-0.25, -0.2) is 14.5 Å². The third-order valence-electron chi connectivity index (χ3n) is 20.9. The molecule has 0 bridgehead atoms. The number of carbonyl (C=O) groups excluding carboxylic acids is 2. The second kappa shape index (κ2) is 37.2. The van der Waals surface area contributed by atoms with E-state index in [1.807, 2.05) is 94.9 Å². The van der Waals surface area contributed by atoms with Crippen LogP contribution in [0.25, 0.3) is 72.9 Å². The number of aryl methyl sites for hydroxylation is 1. The number of H-pyrrole nitrogens is 1. The Morgan fingerprint density at radius 2 is 1.01 bits per heavy atom. The number of hydrogen-bond acceptors (Lipinski definition) is 29. The molecule has 4 aliphatic heterocycles. The number of halogens is 1. The Labute approximate surface area is 681 Å². The standard InChI is InChI=1S/C32H41N3O9.C26H30N4O7.C25H27ClN2O9/c1-5-33-31(40)26-25(20-8-6-19(7-9-20)16-35-10-12-41-13-11-35)30(44-34-26)22-14-21(17(2)3)23(36)15-24(22)43-32-29(39)28(38)27(37)18(4)42-32;1-12(2)16-10-17(20(11-19(16)31)37-25-23(34)22(33)21(32)13(3)36-25)24-27-28-26(35)30(24)15-5-6-18-14(9-15)7-8-29(18)4;1-4-27-24(33)19-18(12-5-7-13(34-3)8-6-12)23(37-28-19)14-9-15(26)16(29)10-17(14)36-25-22(32)21(31)20(30)11(2)35-25/h6-9,14-15,17-18,27-29,32,36-39H,5,10-13,16H2,1-4H3,(H,33,40);5-13,21-23,25,31-34H,1-4H3,(H,28,35);5-11,20-22,25,29-32H,4H2,1-3H3,(H,27,33)/t18-,27+,28+,29-,32-;13-,21+,22+,23-,25-;11-,20+,21+,22-,25-/m000/s1. The number of morpholine rings is 1.